The van der Waals surface area contributed by atoms with Crippen molar-refractivity contribution in [2.45, 2.75) is 6.92 Å². The van der Waals surface area contributed by atoms with E-state index in [2.05, 4.69) is 5.32 Å². The highest BCUT2D eigenvalue weighted by Gasteiger charge is 2.11. The first-order valence-corrected chi connectivity index (χ1v) is 6.73. The number of nitrogens with two attached hydrogens (primary N) is 1. The van der Waals surface area contributed by atoms with Crippen LogP contribution >= 0.6 is 11.3 Å². The van der Waals surface area contributed by atoms with Gasteiger partial charge in [-0.1, -0.05) is 0 Å². The lowest BCUT2D eigenvalue weighted by atomic mass is 10.2. The van der Waals surface area contributed by atoms with Gasteiger partial charge in [0.1, 0.15) is 0 Å². The second-order valence-electron chi connectivity index (χ2n) is 4.52. The van der Waals surface area contributed by atoms with Gasteiger partial charge >= 0.3 is 0 Å². The third kappa shape index (κ3) is 3.06. The zero-order valence-corrected chi connectivity index (χ0v) is 12.0. The number of amides is 1. The summed E-state index contributed by atoms with van der Waals surface area (Å²) in [6, 6.07) is 9.41. The minimum absolute atomic E-state index is 0.123. The molecule has 0 aliphatic rings. The quantitative estimate of drug-likeness (QED) is 0.905. The van der Waals surface area contributed by atoms with E-state index in [1.165, 1.54) is 11.3 Å². The molecule has 0 aliphatic heterocycles. The van der Waals surface area contributed by atoms with Crippen molar-refractivity contribution in [1.29, 1.82) is 0 Å². The van der Waals surface area contributed by atoms with Crippen LogP contribution in [0.1, 0.15) is 14.5 Å². The van der Waals surface area contributed by atoms with E-state index in [4.69, 9.17) is 5.73 Å². The van der Waals surface area contributed by atoms with Crippen molar-refractivity contribution in [3.63, 3.8) is 0 Å². The Morgan fingerprint density at radius 1 is 1.26 bits per heavy atom. The molecule has 19 heavy (non-hydrogen) atoms. The molecule has 0 saturated carbocycles. The number of aryl methyl sites for hydroxylation is 1. The van der Waals surface area contributed by atoms with E-state index in [0.29, 0.717) is 10.6 Å². The zero-order valence-electron chi connectivity index (χ0n) is 11.2. The minimum atomic E-state index is -0.123. The highest BCUT2D eigenvalue weighted by Crippen LogP contribution is 2.24. The first-order valence-electron chi connectivity index (χ1n) is 5.92. The Morgan fingerprint density at radius 2 is 1.89 bits per heavy atom. The summed E-state index contributed by atoms with van der Waals surface area (Å²) in [6.07, 6.45) is 0. The molecule has 1 aromatic heterocycles. The van der Waals surface area contributed by atoms with Crippen molar-refractivity contribution in [1.82, 2.24) is 0 Å². The van der Waals surface area contributed by atoms with Crippen LogP contribution in [-0.2, 0) is 0 Å². The number of hydrogen-bond acceptors (Lipinski definition) is 4. The van der Waals surface area contributed by atoms with Crippen LogP contribution in [0.3, 0.4) is 0 Å². The average molecular weight is 275 g/mol. The van der Waals surface area contributed by atoms with E-state index in [0.717, 1.165) is 16.3 Å². The van der Waals surface area contributed by atoms with Gasteiger partial charge in [-0.25, -0.2) is 0 Å². The Labute approximate surface area is 116 Å². The molecule has 0 atom stereocenters. The molecule has 0 fully saturated rings. The Balaban J connectivity index is 2.10. The monoisotopic (exact) mass is 275 g/mol. The van der Waals surface area contributed by atoms with Gasteiger partial charge in [-0.2, -0.15) is 0 Å². The summed E-state index contributed by atoms with van der Waals surface area (Å²) >= 11 is 1.40. The number of nitrogens with zero attached hydrogens (tertiary/aromatic N) is 1. The summed E-state index contributed by atoms with van der Waals surface area (Å²) in [5.74, 6) is -0.123. The fourth-order valence-electron chi connectivity index (χ4n) is 1.64. The number of hydrogen-bond donors (Lipinski definition) is 2. The number of nitrogens with one attached hydrogen (secondary N) is 1. The van der Waals surface area contributed by atoms with Crippen LogP contribution in [0.5, 0.6) is 0 Å². The van der Waals surface area contributed by atoms with Crippen LogP contribution in [0.25, 0.3) is 0 Å². The van der Waals surface area contributed by atoms with Crippen LogP contribution in [0, 0.1) is 6.92 Å². The molecule has 100 valence electrons. The smallest absolute Gasteiger partial charge is 0.265 e. The average Bonchev–Trinajstić information content (AvgIpc) is 2.70. The predicted octanol–water partition coefficient (Wildman–Crippen LogP) is 2.96. The molecule has 0 aliphatic carbocycles. The summed E-state index contributed by atoms with van der Waals surface area (Å²) in [5.41, 5.74) is 8.28. The third-order valence-corrected chi connectivity index (χ3v) is 3.89. The Hall–Kier alpha value is -2.01. The number of carbonyl (C=O) groups excluding carboxylic acids is 1. The van der Waals surface area contributed by atoms with E-state index in [9.17, 15) is 4.79 Å². The summed E-state index contributed by atoms with van der Waals surface area (Å²) in [6.45, 7) is 1.91. The van der Waals surface area contributed by atoms with E-state index >= 15 is 0 Å². The summed E-state index contributed by atoms with van der Waals surface area (Å²) in [7, 11) is 3.95. The molecular weight excluding hydrogens is 258 g/mol. The van der Waals surface area contributed by atoms with Crippen molar-refractivity contribution in [3.8, 4) is 0 Å². The molecule has 2 aromatic rings. The molecule has 0 radical (unpaired) electrons. The number of rotatable bonds is 3. The van der Waals surface area contributed by atoms with Crippen molar-refractivity contribution in [2.75, 3.05) is 30.0 Å². The van der Waals surface area contributed by atoms with Gasteiger partial charge < -0.3 is 16.0 Å². The molecule has 0 spiro atoms. The molecule has 0 bridgehead atoms. The van der Waals surface area contributed by atoms with E-state index < -0.39 is 0 Å². The highest BCUT2D eigenvalue weighted by molar-refractivity contribution is 7.14. The van der Waals surface area contributed by atoms with Gasteiger partial charge in [0, 0.05) is 36.0 Å². The maximum atomic E-state index is 12.0. The fraction of sp³-hybridized carbons (Fsp3) is 0.214. The normalized spacial score (nSPS) is 10.3. The van der Waals surface area contributed by atoms with Crippen molar-refractivity contribution >= 4 is 34.3 Å². The SMILES string of the molecule is Cc1sc(C(=O)Nc2ccc(N(C)C)cc2)cc1N. The maximum Gasteiger partial charge on any atom is 0.265 e. The van der Waals surface area contributed by atoms with Gasteiger partial charge in [-0.05, 0) is 37.3 Å². The minimum Gasteiger partial charge on any atom is -0.398 e. The Morgan fingerprint density at radius 3 is 2.37 bits per heavy atom. The molecular formula is C14H17N3OS. The number of benzene rings is 1. The fourth-order valence-corrected chi connectivity index (χ4v) is 2.48. The largest absolute Gasteiger partial charge is 0.398 e. The van der Waals surface area contributed by atoms with E-state index in [1.54, 1.807) is 6.07 Å². The summed E-state index contributed by atoms with van der Waals surface area (Å²) < 4.78 is 0. The van der Waals surface area contributed by atoms with Crippen LogP contribution in [0.15, 0.2) is 30.3 Å². The molecule has 1 aromatic carbocycles. The number of carbonyl (C=O) groups is 1. The second kappa shape index (κ2) is 5.32. The number of thiophene rings is 1. The lowest BCUT2D eigenvalue weighted by Crippen LogP contribution is -2.11. The standard InChI is InChI=1S/C14H17N3OS/c1-9-12(15)8-13(19-9)14(18)16-10-4-6-11(7-5-10)17(2)3/h4-8H,15H2,1-3H3,(H,16,18). The molecule has 1 heterocycles. The maximum absolute atomic E-state index is 12.0. The van der Waals surface area contributed by atoms with Gasteiger partial charge in [-0.3, -0.25) is 4.79 Å². The molecule has 3 N–H and O–H groups in total. The van der Waals surface area contributed by atoms with E-state index in [-0.39, 0.29) is 5.91 Å². The van der Waals surface area contributed by atoms with Crippen LogP contribution < -0.4 is 16.0 Å². The summed E-state index contributed by atoms with van der Waals surface area (Å²) in [4.78, 5) is 15.6. The van der Waals surface area contributed by atoms with Gasteiger partial charge in [0.25, 0.3) is 5.91 Å². The second-order valence-corrected chi connectivity index (χ2v) is 5.77. The summed E-state index contributed by atoms with van der Waals surface area (Å²) in [5, 5.41) is 2.86. The van der Waals surface area contributed by atoms with Crippen molar-refractivity contribution in [2.24, 2.45) is 0 Å². The van der Waals surface area contributed by atoms with Gasteiger partial charge in [0.05, 0.1) is 4.88 Å². The third-order valence-electron chi connectivity index (χ3n) is 2.82. The van der Waals surface area contributed by atoms with Crippen LogP contribution in [0.4, 0.5) is 17.1 Å². The van der Waals surface area contributed by atoms with Gasteiger partial charge in [-0.15, -0.1) is 11.3 Å². The van der Waals surface area contributed by atoms with E-state index in [1.807, 2.05) is 50.2 Å². The molecule has 2 rings (SSSR count). The first kappa shape index (κ1) is 13.4. The lowest BCUT2D eigenvalue weighted by Gasteiger charge is -2.12. The Bertz CT molecular complexity index is 568. The van der Waals surface area contributed by atoms with Crippen LogP contribution in [0.2, 0.25) is 0 Å². The lowest BCUT2D eigenvalue weighted by molar-refractivity contribution is 0.103. The van der Waals surface area contributed by atoms with Gasteiger partial charge in [0.2, 0.25) is 0 Å². The number of anilines is 3. The molecule has 0 unspecified atom stereocenters. The van der Waals surface area contributed by atoms with Crippen molar-refractivity contribution in [3.05, 3.63) is 40.1 Å². The molecule has 5 heteroatoms. The van der Waals surface area contributed by atoms with Crippen molar-refractivity contribution < 1.29 is 4.79 Å². The van der Waals surface area contributed by atoms with Gasteiger partial charge in [0.15, 0.2) is 0 Å². The first-order chi connectivity index (χ1) is 8.97. The van der Waals surface area contributed by atoms with Crippen LogP contribution in [-0.4, -0.2) is 20.0 Å². The molecule has 0 saturated heterocycles. The number of nitrogen functional groups attached to an aromatic ring is 1. The molecule has 4 nitrogen and oxygen atoms in total. The highest BCUT2D eigenvalue weighted by atomic mass is 32.1. The zero-order chi connectivity index (χ0) is 14.0. The predicted molar refractivity (Wildman–Crippen MR) is 82.2 cm³/mol. The molecule has 1 amide bonds. The Kier molecular flexibility index (Phi) is 3.76. The topological polar surface area (TPSA) is 58.4 Å².